The Morgan fingerprint density at radius 3 is 2.04 bits per heavy atom. The van der Waals surface area contributed by atoms with Gasteiger partial charge in [-0.2, -0.15) is 12.7 Å². The highest BCUT2D eigenvalue weighted by Gasteiger charge is 2.31. The number of pyridine rings is 2. The van der Waals surface area contributed by atoms with Crippen LogP contribution in [0.25, 0.3) is 21.5 Å². The van der Waals surface area contributed by atoms with Crippen LogP contribution in [0.3, 0.4) is 0 Å². The first-order valence-corrected chi connectivity index (χ1v) is 19.7. The molecule has 1 saturated heterocycles. The molecular formula is C39H39N5O5S2. The fourth-order valence-electron chi connectivity index (χ4n) is 6.76. The maximum absolute atomic E-state index is 14.4. The summed E-state index contributed by atoms with van der Waals surface area (Å²) in [6.45, 7) is 3.89. The molecule has 12 heteroatoms. The van der Waals surface area contributed by atoms with Crippen molar-refractivity contribution in [3.05, 3.63) is 133 Å². The third kappa shape index (κ3) is 7.59. The fourth-order valence-corrected chi connectivity index (χ4v) is 9.47. The number of sulfonamides is 1. The lowest BCUT2D eigenvalue weighted by atomic mass is 10.1. The molecule has 0 bridgehead atoms. The molecule has 0 amide bonds. The summed E-state index contributed by atoms with van der Waals surface area (Å²) in [6, 6.07) is 30.4. The van der Waals surface area contributed by atoms with E-state index in [-0.39, 0.29) is 15.5 Å². The number of anilines is 1. The number of fused-ring (bicyclic) bond motifs is 2. The van der Waals surface area contributed by atoms with E-state index in [1.165, 1.54) is 16.1 Å². The molecule has 0 spiro atoms. The molecule has 0 radical (unpaired) electrons. The number of hydrogen-bond acceptors (Lipinski definition) is 9. The molecule has 1 atom stereocenters. The van der Waals surface area contributed by atoms with Gasteiger partial charge in [0, 0.05) is 91.3 Å². The van der Waals surface area contributed by atoms with Crippen LogP contribution in [0.2, 0.25) is 0 Å². The van der Waals surface area contributed by atoms with Crippen LogP contribution in [0.5, 0.6) is 5.75 Å². The molecule has 51 heavy (non-hydrogen) atoms. The lowest BCUT2D eigenvalue weighted by Crippen LogP contribution is -2.47. The Bertz CT molecular complexity index is 2350. The smallest absolute Gasteiger partial charge is 0.339 e. The van der Waals surface area contributed by atoms with Crippen LogP contribution in [0.4, 0.5) is 5.69 Å². The zero-order valence-corrected chi connectivity index (χ0v) is 29.9. The Morgan fingerprint density at radius 2 is 1.35 bits per heavy atom. The summed E-state index contributed by atoms with van der Waals surface area (Å²) in [6.07, 6.45) is 7.79. The molecule has 0 N–H and O–H groups in total. The van der Waals surface area contributed by atoms with E-state index in [0.717, 1.165) is 43.5 Å². The van der Waals surface area contributed by atoms with Crippen LogP contribution in [0.1, 0.15) is 12.0 Å². The minimum atomic E-state index is -4.13. The van der Waals surface area contributed by atoms with Crippen molar-refractivity contribution in [2.45, 2.75) is 28.7 Å². The number of para-hydroxylation sites is 1. The second kappa shape index (κ2) is 14.8. The van der Waals surface area contributed by atoms with Crippen LogP contribution in [0, 0.1) is 0 Å². The second-order valence-electron chi connectivity index (χ2n) is 12.7. The Labute approximate surface area is 299 Å². The number of hydrogen-bond donors (Lipinski definition) is 0. The SMILES string of the molecule is CN(C(Cc1ccc(OS(=O)(=O)c2cccc3cnccc23)cc1)CN1CCCN(c2ccccc2)CC1)S(=O)(=O)c1cccc2cnccc12. The number of aromatic nitrogens is 2. The van der Waals surface area contributed by atoms with E-state index in [2.05, 4.69) is 31.9 Å². The molecule has 6 aromatic rings. The first-order valence-electron chi connectivity index (χ1n) is 16.9. The third-order valence-corrected chi connectivity index (χ3v) is 12.8. The molecule has 7 rings (SSSR count). The lowest BCUT2D eigenvalue weighted by Gasteiger charge is -2.33. The number of likely N-dealkylation sites (N-methyl/N-ethyl adjacent to an activating group) is 1. The first-order chi connectivity index (χ1) is 24.7. The average Bonchev–Trinajstić information content (AvgIpc) is 3.40. The maximum Gasteiger partial charge on any atom is 0.339 e. The van der Waals surface area contributed by atoms with E-state index in [4.69, 9.17) is 4.18 Å². The molecule has 1 unspecified atom stereocenters. The van der Waals surface area contributed by atoms with Gasteiger partial charge in [-0.05, 0) is 73.5 Å². The number of benzene rings is 4. The minimum absolute atomic E-state index is 0.0610. The molecule has 1 aliphatic rings. The van der Waals surface area contributed by atoms with E-state index in [0.29, 0.717) is 29.1 Å². The van der Waals surface area contributed by atoms with E-state index in [1.807, 2.05) is 24.3 Å². The van der Waals surface area contributed by atoms with Gasteiger partial charge in [0.15, 0.2) is 0 Å². The van der Waals surface area contributed by atoms with E-state index in [1.54, 1.807) is 92.5 Å². The van der Waals surface area contributed by atoms with Crippen molar-refractivity contribution in [2.75, 3.05) is 44.7 Å². The van der Waals surface area contributed by atoms with E-state index < -0.39 is 26.2 Å². The Kier molecular flexibility index (Phi) is 10.0. The average molecular weight is 722 g/mol. The molecule has 1 aliphatic heterocycles. The van der Waals surface area contributed by atoms with Gasteiger partial charge in [0.2, 0.25) is 10.0 Å². The van der Waals surface area contributed by atoms with Crippen LogP contribution >= 0.6 is 0 Å². The van der Waals surface area contributed by atoms with Gasteiger partial charge in [-0.3, -0.25) is 14.9 Å². The van der Waals surface area contributed by atoms with Crippen LogP contribution in [-0.2, 0) is 26.6 Å². The molecule has 262 valence electrons. The van der Waals surface area contributed by atoms with E-state index >= 15 is 0 Å². The number of nitrogens with zero attached hydrogens (tertiary/aromatic N) is 5. The molecule has 0 saturated carbocycles. The maximum atomic E-state index is 14.4. The largest absolute Gasteiger partial charge is 0.379 e. The summed E-state index contributed by atoms with van der Waals surface area (Å²) in [5.74, 6) is 0.167. The van der Waals surface area contributed by atoms with Crippen molar-refractivity contribution < 1.29 is 21.0 Å². The van der Waals surface area contributed by atoms with Crippen molar-refractivity contribution in [2.24, 2.45) is 0 Å². The van der Waals surface area contributed by atoms with Gasteiger partial charge in [-0.1, -0.05) is 54.6 Å². The Hall–Kier alpha value is -4.88. The van der Waals surface area contributed by atoms with Crippen molar-refractivity contribution in [3.8, 4) is 5.75 Å². The molecule has 10 nitrogen and oxygen atoms in total. The standard InChI is InChI=1S/C39H39N5O5S2/c1-42(50(45,46)38-12-5-8-31-27-40-20-18-36(31)38)34(29-43-22-7-23-44(25-24-43)33-10-3-2-4-11-33)26-30-14-16-35(17-15-30)49-51(47,48)39-13-6-9-32-28-41-21-19-37(32)39/h2-6,8-21,27-28,34H,7,22-26,29H2,1H3. The molecule has 4 aromatic carbocycles. The Balaban J connectivity index is 1.14. The van der Waals surface area contributed by atoms with Crippen molar-refractivity contribution in [1.82, 2.24) is 19.2 Å². The van der Waals surface area contributed by atoms with Crippen molar-refractivity contribution in [3.63, 3.8) is 0 Å². The van der Waals surface area contributed by atoms with Gasteiger partial charge in [-0.15, -0.1) is 0 Å². The molecule has 2 aromatic heterocycles. The lowest BCUT2D eigenvalue weighted by molar-refractivity contribution is 0.220. The summed E-state index contributed by atoms with van der Waals surface area (Å²) in [5.41, 5.74) is 2.04. The van der Waals surface area contributed by atoms with Crippen LogP contribution < -0.4 is 9.08 Å². The van der Waals surface area contributed by atoms with E-state index in [9.17, 15) is 16.8 Å². The fraction of sp³-hybridized carbons (Fsp3) is 0.231. The molecule has 3 heterocycles. The van der Waals surface area contributed by atoms with Gasteiger partial charge in [-0.25, -0.2) is 8.42 Å². The number of rotatable bonds is 11. The van der Waals surface area contributed by atoms with Gasteiger partial charge in [0.05, 0.1) is 4.90 Å². The monoisotopic (exact) mass is 721 g/mol. The van der Waals surface area contributed by atoms with Crippen LogP contribution in [0.15, 0.2) is 138 Å². The summed E-state index contributed by atoms with van der Waals surface area (Å²) >= 11 is 0. The van der Waals surface area contributed by atoms with Gasteiger partial charge < -0.3 is 9.08 Å². The van der Waals surface area contributed by atoms with Crippen molar-refractivity contribution in [1.29, 1.82) is 0 Å². The molecule has 1 fully saturated rings. The molecule has 0 aliphatic carbocycles. The summed E-state index contributed by atoms with van der Waals surface area (Å²) in [5, 5.41) is 2.60. The zero-order chi connectivity index (χ0) is 35.4. The predicted molar refractivity (Wildman–Crippen MR) is 200 cm³/mol. The summed E-state index contributed by atoms with van der Waals surface area (Å²) in [7, 11) is -6.40. The highest BCUT2D eigenvalue weighted by molar-refractivity contribution is 7.89. The van der Waals surface area contributed by atoms with Gasteiger partial charge in [0.1, 0.15) is 10.6 Å². The highest BCUT2D eigenvalue weighted by Crippen LogP contribution is 2.29. The van der Waals surface area contributed by atoms with Gasteiger partial charge >= 0.3 is 10.1 Å². The molecular weight excluding hydrogens is 683 g/mol. The quantitative estimate of drug-likeness (QED) is 0.149. The third-order valence-electron chi connectivity index (χ3n) is 9.50. The normalized spacial score (nSPS) is 15.2. The predicted octanol–water partition coefficient (Wildman–Crippen LogP) is 5.99. The van der Waals surface area contributed by atoms with Gasteiger partial charge in [0.25, 0.3) is 0 Å². The summed E-state index contributed by atoms with van der Waals surface area (Å²) in [4.78, 5) is 13.3. The topological polar surface area (TPSA) is 113 Å². The first kappa shape index (κ1) is 34.6. The van der Waals surface area contributed by atoms with Crippen LogP contribution in [-0.4, -0.2) is 81.8 Å². The summed E-state index contributed by atoms with van der Waals surface area (Å²) < 4.78 is 62.4. The highest BCUT2D eigenvalue weighted by atomic mass is 32.2. The Morgan fingerprint density at radius 1 is 0.706 bits per heavy atom. The second-order valence-corrected chi connectivity index (χ2v) is 16.2. The minimum Gasteiger partial charge on any atom is -0.379 e. The zero-order valence-electron chi connectivity index (χ0n) is 28.2. The van der Waals surface area contributed by atoms with Crippen molar-refractivity contribution >= 4 is 47.4 Å².